The number of rotatable bonds is 3. The van der Waals surface area contributed by atoms with Gasteiger partial charge in [-0.2, -0.15) is 10.2 Å². The molecule has 1 aliphatic heterocycles. The number of benzene rings is 1. The Kier molecular flexibility index (Phi) is 4.64. The number of primary amides is 1. The topological polar surface area (TPSA) is 119 Å². The average molecular weight is 404 g/mol. The molecule has 0 aliphatic carbocycles. The summed E-state index contributed by atoms with van der Waals surface area (Å²) in [6.07, 6.45) is 5.37. The van der Waals surface area contributed by atoms with Gasteiger partial charge in [-0.1, -0.05) is 17.9 Å². The van der Waals surface area contributed by atoms with Crippen molar-refractivity contribution in [1.29, 1.82) is 0 Å². The number of nitrogens with zero attached hydrogens (tertiary/aromatic N) is 5. The summed E-state index contributed by atoms with van der Waals surface area (Å²) in [6, 6.07) is 7.11. The van der Waals surface area contributed by atoms with Gasteiger partial charge in [-0.15, -0.1) is 0 Å². The van der Waals surface area contributed by atoms with Crippen LogP contribution in [-0.4, -0.2) is 60.6 Å². The van der Waals surface area contributed by atoms with E-state index in [1.165, 1.54) is 9.58 Å². The molecule has 0 unspecified atom stereocenters. The molecule has 0 radical (unpaired) electrons. The number of nitrogens with two attached hydrogens (primary N) is 1. The third-order valence-electron chi connectivity index (χ3n) is 5.00. The lowest BCUT2D eigenvalue weighted by Gasteiger charge is -2.13. The van der Waals surface area contributed by atoms with Crippen LogP contribution < -0.4 is 5.73 Å². The number of carbonyl (C=O) groups is 2. The molecule has 1 atom stereocenters. The van der Waals surface area contributed by atoms with Crippen molar-refractivity contribution in [2.45, 2.75) is 12.0 Å². The van der Waals surface area contributed by atoms with Gasteiger partial charge in [-0.3, -0.25) is 14.3 Å². The van der Waals surface area contributed by atoms with Gasteiger partial charge >= 0.3 is 0 Å². The van der Waals surface area contributed by atoms with Gasteiger partial charge in [0.25, 0.3) is 11.8 Å². The van der Waals surface area contributed by atoms with Crippen LogP contribution >= 0.6 is 0 Å². The minimum absolute atomic E-state index is 0.133. The van der Waals surface area contributed by atoms with Crippen molar-refractivity contribution in [2.75, 3.05) is 13.6 Å². The number of aliphatic hydroxyl groups is 1. The van der Waals surface area contributed by atoms with Crippen molar-refractivity contribution in [3.8, 4) is 28.7 Å². The van der Waals surface area contributed by atoms with Gasteiger partial charge in [0, 0.05) is 56.1 Å². The zero-order valence-corrected chi connectivity index (χ0v) is 16.5. The first-order valence-electron chi connectivity index (χ1n) is 9.27. The van der Waals surface area contributed by atoms with Crippen LogP contribution in [0.1, 0.15) is 22.5 Å². The van der Waals surface area contributed by atoms with Crippen molar-refractivity contribution >= 4 is 11.8 Å². The highest BCUT2D eigenvalue weighted by Gasteiger charge is 2.42. The van der Waals surface area contributed by atoms with Crippen LogP contribution in [0.15, 0.2) is 42.9 Å². The zero-order chi connectivity index (χ0) is 21.5. The van der Waals surface area contributed by atoms with Crippen LogP contribution in [0.25, 0.3) is 16.8 Å². The monoisotopic (exact) mass is 404 g/mol. The van der Waals surface area contributed by atoms with Gasteiger partial charge < -0.3 is 15.7 Å². The second-order valence-electron chi connectivity index (χ2n) is 7.24. The maximum atomic E-state index is 12.1. The summed E-state index contributed by atoms with van der Waals surface area (Å²) in [6.45, 7) is 0.463. The summed E-state index contributed by atoms with van der Waals surface area (Å²) < 4.78 is 3.16. The molecule has 1 fully saturated rings. The minimum Gasteiger partial charge on any atom is -0.369 e. The van der Waals surface area contributed by atoms with Gasteiger partial charge in [-0.25, -0.2) is 4.68 Å². The van der Waals surface area contributed by atoms with E-state index in [0.717, 1.165) is 5.56 Å². The van der Waals surface area contributed by atoms with E-state index < -0.39 is 17.4 Å². The van der Waals surface area contributed by atoms with Crippen LogP contribution in [0, 0.1) is 11.8 Å². The van der Waals surface area contributed by atoms with Crippen molar-refractivity contribution < 1.29 is 14.7 Å². The number of aryl methyl sites for hydroxylation is 1. The van der Waals surface area contributed by atoms with Gasteiger partial charge in [0.05, 0.1) is 11.9 Å². The Balaban J connectivity index is 1.69. The van der Waals surface area contributed by atoms with Crippen LogP contribution in [0.3, 0.4) is 0 Å². The van der Waals surface area contributed by atoms with Crippen LogP contribution in [0.5, 0.6) is 0 Å². The second kappa shape index (κ2) is 7.17. The van der Waals surface area contributed by atoms with E-state index in [1.54, 1.807) is 61.6 Å². The molecule has 2 aromatic heterocycles. The van der Waals surface area contributed by atoms with E-state index in [-0.39, 0.29) is 12.1 Å². The predicted molar refractivity (Wildman–Crippen MR) is 108 cm³/mol. The molecule has 1 saturated heterocycles. The quantitative estimate of drug-likeness (QED) is 0.609. The molecule has 4 rings (SSSR count). The average Bonchev–Trinajstić information content (AvgIpc) is 3.42. The molecule has 9 heteroatoms. The van der Waals surface area contributed by atoms with E-state index in [4.69, 9.17) is 5.73 Å². The molecule has 3 heterocycles. The maximum Gasteiger partial charge on any atom is 0.269 e. The highest BCUT2D eigenvalue weighted by molar-refractivity contribution is 5.97. The SMILES string of the molecule is CN1CC[C@@](O)(C#Cc2cccc(-n3cc(-c4cnn(C)c4)c(C(N)=O)n3)c2)C1=O. The predicted octanol–water partition coefficient (Wildman–Crippen LogP) is 0.316. The summed E-state index contributed by atoms with van der Waals surface area (Å²) >= 11 is 0. The molecule has 3 N–H and O–H groups in total. The third kappa shape index (κ3) is 3.44. The first-order valence-corrected chi connectivity index (χ1v) is 9.27. The van der Waals surface area contributed by atoms with E-state index in [9.17, 15) is 14.7 Å². The van der Waals surface area contributed by atoms with E-state index in [1.807, 2.05) is 0 Å². The Labute approximate surface area is 172 Å². The molecule has 9 nitrogen and oxygen atoms in total. The van der Waals surface area contributed by atoms with Gasteiger partial charge in [0.1, 0.15) is 0 Å². The zero-order valence-electron chi connectivity index (χ0n) is 16.5. The first kappa shape index (κ1) is 19.4. The molecular weight excluding hydrogens is 384 g/mol. The van der Waals surface area contributed by atoms with E-state index >= 15 is 0 Å². The number of hydrogen-bond acceptors (Lipinski definition) is 5. The maximum absolute atomic E-state index is 12.1. The molecule has 3 aromatic rings. The molecule has 30 heavy (non-hydrogen) atoms. The lowest BCUT2D eigenvalue weighted by atomic mass is 10.0. The van der Waals surface area contributed by atoms with Crippen molar-refractivity contribution in [2.24, 2.45) is 12.8 Å². The molecule has 152 valence electrons. The highest BCUT2D eigenvalue weighted by atomic mass is 16.3. The molecule has 1 aliphatic rings. The van der Waals surface area contributed by atoms with E-state index in [0.29, 0.717) is 23.4 Å². The third-order valence-corrected chi connectivity index (χ3v) is 5.00. The second-order valence-corrected chi connectivity index (χ2v) is 7.24. The summed E-state index contributed by atoms with van der Waals surface area (Å²) in [4.78, 5) is 25.4. The molecule has 1 aromatic carbocycles. The normalized spacial score (nSPS) is 18.4. The van der Waals surface area contributed by atoms with Crippen molar-refractivity contribution in [3.05, 3.63) is 54.1 Å². The van der Waals surface area contributed by atoms with Crippen molar-refractivity contribution in [3.63, 3.8) is 0 Å². The lowest BCUT2D eigenvalue weighted by Crippen LogP contribution is -2.37. The summed E-state index contributed by atoms with van der Waals surface area (Å²) in [5.41, 5.74) is 6.52. The number of carbonyl (C=O) groups excluding carboxylic acids is 2. The number of likely N-dealkylation sites (N-methyl/N-ethyl adjacent to an activating group) is 1. The fourth-order valence-electron chi connectivity index (χ4n) is 3.33. The number of hydrogen-bond donors (Lipinski definition) is 2. The first-order chi connectivity index (χ1) is 14.3. The highest BCUT2D eigenvalue weighted by Crippen LogP contribution is 2.24. The van der Waals surface area contributed by atoms with Gasteiger partial charge in [0.2, 0.25) is 5.60 Å². The molecule has 2 amide bonds. The van der Waals surface area contributed by atoms with Crippen LogP contribution in [-0.2, 0) is 11.8 Å². The number of amides is 2. The van der Waals surface area contributed by atoms with Crippen LogP contribution in [0.2, 0.25) is 0 Å². The minimum atomic E-state index is -1.66. The Morgan fingerprint density at radius 1 is 1.30 bits per heavy atom. The lowest BCUT2D eigenvalue weighted by molar-refractivity contribution is -0.137. The van der Waals surface area contributed by atoms with Crippen molar-refractivity contribution in [1.82, 2.24) is 24.5 Å². The van der Waals surface area contributed by atoms with E-state index in [2.05, 4.69) is 22.0 Å². The molecule has 0 saturated carbocycles. The van der Waals surface area contributed by atoms with Gasteiger partial charge in [-0.05, 0) is 18.2 Å². The largest absolute Gasteiger partial charge is 0.369 e. The molecule has 0 spiro atoms. The summed E-state index contributed by atoms with van der Waals surface area (Å²) in [5.74, 6) is 4.53. The summed E-state index contributed by atoms with van der Waals surface area (Å²) in [7, 11) is 3.41. The summed E-state index contributed by atoms with van der Waals surface area (Å²) in [5, 5.41) is 18.9. The number of aromatic nitrogens is 4. The Hall–Kier alpha value is -3.90. The van der Waals surface area contributed by atoms with Gasteiger partial charge in [0.15, 0.2) is 5.69 Å². The number of likely N-dealkylation sites (tertiary alicyclic amines) is 1. The molecular formula is C21H20N6O3. The smallest absolute Gasteiger partial charge is 0.269 e. The van der Waals surface area contributed by atoms with Crippen LogP contribution in [0.4, 0.5) is 0 Å². The Bertz CT molecular complexity index is 1210. The Morgan fingerprint density at radius 2 is 2.10 bits per heavy atom. The fraction of sp³-hybridized carbons (Fsp3) is 0.238. The standard InChI is InChI=1S/C21H20N6O3/c1-25-9-8-21(30,20(25)29)7-6-14-4-3-5-16(10-14)27-13-17(18(24-27)19(22)28)15-11-23-26(2)12-15/h3-5,10-13,30H,8-9H2,1-2H3,(H2,22,28)/t21-/m0/s1. The Morgan fingerprint density at radius 3 is 2.73 bits per heavy atom. The molecule has 0 bridgehead atoms. The fourth-order valence-corrected chi connectivity index (χ4v) is 3.33.